The van der Waals surface area contributed by atoms with Crippen molar-refractivity contribution in [2.24, 2.45) is 5.92 Å². The third-order valence-electron chi connectivity index (χ3n) is 3.48. The van der Waals surface area contributed by atoms with Gasteiger partial charge in [0, 0.05) is 22.3 Å². The van der Waals surface area contributed by atoms with Crippen molar-refractivity contribution in [3.05, 3.63) is 48.5 Å². The standard InChI is InChI=1S/C16H16N2O3S2/c1-11-10-22-15-8-7-13(9-14(15)17-16(11)19)23(20,21)18-12-5-3-2-4-6-12/h2-9,11,18H,10H2,1H3,(H,17,19)/t11-/m1/s1. The van der Waals surface area contributed by atoms with Crippen molar-refractivity contribution in [3.8, 4) is 0 Å². The Hall–Kier alpha value is -1.99. The summed E-state index contributed by atoms with van der Waals surface area (Å²) in [7, 11) is -3.70. The van der Waals surface area contributed by atoms with Gasteiger partial charge in [0.15, 0.2) is 0 Å². The van der Waals surface area contributed by atoms with E-state index < -0.39 is 10.0 Å². The van der Waals surface area contributed by atoms with Crippen LogP contribution in [0.15, 0.2) is 58.3 Å². The van der Waals surface area contributed by atoms with Gasteiger partial charge >= 0.3 is 0 Å². The minimum absolute atomic E-state index is 0.0955. The molecule has 5 nitrogen and oxygen atoms in total. The molecule has 0 aromatic heterocycles. The highest BCUT2D eigenvalue weighted by Gasteiger charge is 2.22. The van der Waals surface area contributed by atoms with E-state index in [2.05, 4.69) is 10.0 Å². The average molecular weight is 348 g/mol. The zero-order valence-electron chi connectivity index (χ0n) is 12.4. The minimum Gasteiger partial charge on any atom is -0.325 e. The molecule has 1 aliphatic heterocycles. The predicted molar refractivity (Wildman–Crippen MR) is 92.2 cm³/mol. The van der Waals surface area contributed by atoms with Crippen LogP contribution in [-0.4, -0.2) is 20.1 Å². The molecule has 0 fully saturated rings. The molecule has 1 amide bonds. The molecule has 2 N–H and O–H groups in total. The number of benzene rings is 2. The van der Waals surface area contributed by atoms with E-state index in [0.717, 1.165) is 4.90 Å². The molecule has 1 aliphatic rings. The average Bonchev–Trinajstić information content (AvgIpc) is 2.67. The largest absolute Gasteiger partial charge is 0.325 e. The van der Waals surface area contributed by atoms with Crippen LogP contribution in [0.1, 0.15) is 6.92 Å². The van der Waals surface area contributed by atoms with Crippen LogP contribution in [0.4, 0.5) is 11.4 Å². The second-order valence-electron chi connectivity index (χ2n) is 5.33. The van der Waals surface area contributed by atoms with E-state index in [1.807, 2.05) is 13.0 Å². The first-order chi connectivity index (χ1) is 11.0. The Morgan fingerprint density at radius 1 is 1.17 bits per heavy atom. The lowest BCUT2D eigenvalue weighted by Crippen LogP contribution is -2.20. The summed E-state index contributed by atoms with van der Waals surface area (Å²) in [5.41, 5.74) is 1.04. The zero-order valence-corrected chi connectivity index (χ0v) is 14.1. The lowest BCUT2D eigenvalue weighted by molar-refractivity contribution is -0.118. The van der Waals surface area contributed by atoms with Gasteiger partial charge in [-0.1, -0.05) is 25.1 Å². The van der Waals surface area contributed by atoms with Crippen molar-refractivity contribution in [1.29, 1.82) is 0 Å². The van der Waals surface area contributed by atoms with Crippen LogP contribution in [0, 0.1) is 5.92 Å². The first-order valence-corrected chi connectivity index (χ1v) is 9.58. The van der Waals surface area contributed by atoms with Gasteiger partial charge in [-0.3, -0.25) is 9.52 Å². The number of fused-ring (bicyclic) bond motifs is 1. The van der Waals surface area contributed by atoms with Gasteiger partial charge in [-0.25, -0.2) is 8.42 Å². The van der Waals surface area contributed by atoms with Crippen molar-refractivity contribution >= 4 is 39.1 Å². The third kappa shape index (κ3) is 3.51. The number of para-hydroxylation sites is 1. The Kier molecular flexibility index (Phi) is 4.32. The maximum absolute atomic E-state index is 12.5. The molecule has 2 aromatic carbocycles. The van der Waals surface area contributed by atoms with Crippen molar-refractivity contribution in [1.82, 2.24) is 0 Å². The van der Waals surface area contributed by atoms with E-state index in [0.29, 0.717) is 17.1 Å². The van der Waals surface area contributed by atoms with Crippen LogP contribution in [0.25, 0.3) is 0 Å². The topological polar surface area (TPSA) is 75.3 Å². The van der Waals surface area contributed by atoms with Gasteiger partial charge < -0.3 is 5.32 Å². The summed E-state index contributed by atoms with van der Waals surface area (Å²) >= 11 is 1.55. The van der Waals surface area contributed by atoms with Gasteiger partial charge in [-0.05, 0) is 30.3 Å². The molecule has 1 atom stereocenters. The van der Waals surface area contributed by atoms with Crippen LogP contribution >= 0.6 is 11.8 Å². The number of thioether (sulfide) groups is 1. The van der Waals surface area contributed by atoms with E-state index in [1.165, 1.54) is 6.07 Å². The Labute approximate surface area is 139 Å². The van der Waals surface area contributed by atoms with Crippen molar-refractivity contribution < 1.29 is 13.2 Å². The number of carbonyl (C=O) groups is 1. The van der Waals surface area contributed by atoms with E-state index in [4.69, 9.17) is 0 Å². The highest BCUT2D eigenvalue weighted by molar-refractivity contribution is 7.99. The monoisotopic (exact) mass is 348 g/mol. The first-order valence-electron chi connectivity index (χ1n) is 7.11. The van der Waals surface area contributed by atoms with Gasteiger partial charge in [0.2, 0.25) is 5.91 Å². The van der Waals surface area contributed by atoms with Crippen molar-refractivity contribution in [3.63, 3.8) is 0 Å². The van der Waals surface area contributed by atoms with Gasteiger partial charge in [0.05, 0.1) is 10.6 Å². The summed E-state index contributed by atoms with van der Waals surface area (Å²) in [5.74, 6) is 0.462. The Morgan fingerprint density at radius 3 is 2.65 bits per heavy atom. The molecule has 0 bridgehead atoms. The molecule has 0 spiro atoms. The third-order valence-corrected chi connectivity index (χ3v) is 6.19. The molecule has 120 valence electrons. The molecule has 0 saturated heterocycles. The van der Waals surface area contributed by atoms with Crippen molar-refractivity contribution in [2.45, 2.75) is 16.7 Å². The van der Waals surface area contributed by atoms with E-state index in [1.54, 1.807) is 48.2 Å². The van der Waals surface area contributed by atoms with Gasteiger partial charge in [0.1, 0.15) is 0 Å². The molecule has 0 unspecified atom stereocenters. The Balaban J connectivity index is 1.92. The number of anilines is 2. The highest BCUT2D eigenvalue weighted by atomic mass is 32.2. The fraction of sp³-hybridized carbons (Fsp3) is 0.188. The molecule has 0 saturated carbocycles. The van der Waals surface area contributed by atoms with E-state index in [9.17, 15) is 13.2 Å². The second kappa shape index (κ2) is 6.25. The molecule has 7 heteroatoms. The molecular formula is C16H16N2O3S2. The lowest BCUT2D eigenvalue weighted by atomic mass is 10.2. The number of hydrogen-bond donors (Lipinski definition) is 2. The number of carbonyl (C=O) groups excluding carboxylic acids is 1. The maximum Gasteiger partial charge on any atom is 0.261 e. The molecule has 0 radical (unpaired) electrons. The Morgan fingerprint density at radius 2 is 1.91 bits per heavy atom. The lowest BCUT2D eigenvalue weighted by Gasteiger charge is -2.11. The number of nitrogens with one attached hydrogen (secondary N) is 2. The maximum atomic E-state index is 12.5. The van der Waals surface area contributed by atoms with Crippen LogP contribution < -0.4 is 10.0 Å². The first kappa shape index (κ1) is 15.9. The molecule has 23 heavy (non-hydrogen) atoms. The summed E-state index contributed by atoms with van der Waals surface area (Å²) < 4.78 is 27.5. The van der Waals surface area contributed by atoms with Gasteiger partial charge in [-0.15, -0.1) is 11.8 Å². The summed E-state index contributed by atoms with van der Waals surface area (Å²) in [5, 5.41) is 2.80. The number of amides is 1. The summed E-state index contributed by atoms with van der Waals surface area (Å²) in [6, 6.07) is 13.5. The molecule has 0 aliphatic carbocycles. The van der Waals surface area contributed by atoms with Gasteiger partial charge in [-0.2, -0.15) is 0 Å². The number of sulfonamides is 1. The second-order valence-corrected chi connectivity index (χ2v) is 8.08. The van der Waals surface area contributed by atoms with E-state index in [-0.39, 0.29) is 16.7 Å². The molecule has 2 aromatic rings. The van der Waals surface area contributed by atoms with E-state index >= 15 is 0 Å². The highest BCUT2D eigenvalue weighted by Crippen LogP contribution is 2.34. The SMILES string of the molecule is C[C@@H]1CSc2ccc(S(=O)(=O)Nc3ccccc3)cc2NC1=O. The predicted octanol–water partition coefficient (Wildman–Crippen LogP) is 3.17. The van der Waals surface area contributed by atoms with Crippen LogP contribution in [0.2, 0.25) is 0 Å². The molecule has 1 heterocycles. The number of rotatable bonds is 3. The smallest absolute Gasteiger partial charge is 0.261 e. The molecular weight excluding hydrogens is 332 g/mol. The summed E-state index contributed by atoms with van der Waals surface area (Å²) in [4.78, 5) is 12.9. The number of hydrogen-bond acceptors (Lipinski definition) is 4. The van der Waals surface area contributed by atoms with Gasteiger partial charge in [0.25, 0.3) is 10.0 Å². The quantitative estimate of drug-likeness (QED) is 0.893. The normalized spacial score (nSPS) is 17.8. The fourth-order valence-corrected chi connectivity index (χ4v) is 4.26. The summed E-state index contributed by atoms with van der Waals surface area (Å²) in [6.07, 6.45) is 0. The Bertz CT molecular complexity index is 836. The molecule has 3 rings (SSSR count). The van der Waals surface area contributed by atoms with Crippen LogP contribution in [-0.2, 0) is 14.8 Å². The van der Waals surface area contributed by atoms with Crippen molar-refractivity contribution in [2.75, 3.05) is 15.8 Å². The van der Waals surface area contributed by atoms with Crippen LogP contribution in [0.3, 0.4) is 0 Å². The van der Waals surface area contributed by atoms with Crippen LogP contribution in [0.5, 0.6) is 0 Å². The summed E-state index contributed by atoms with van der Waals surface area (Å²) in [6.45, 7) is 1.85. The fourth-order valence-electron chi connectivity index (χ4n) is 2.17. The minimum atomic E-state index is -3.70. The zero-order chi connectivity index (χ0) is 16.4.